The maximum atomic E-state index is 12.9. The van der Waals surface area contributed by atoms with E-state index in [1.54, 1.807) is 6.92 Å². The smallest absolute Gasteiger partial charge is 0.319 e. The Balaban J connectivity index is 1.74. The van der Waals surface area contributed by atoms with E-state index in [0.29, 0.717) is 6.42 Å². The number of ether oxygens (including phenoxy) is 1. The van der Waals surface area contributed by atoms with E-state index in [2.05, 4.69) is 42.2 Å². The van der Waals surface area contributed by atoms with Crippen molar-refractivity contribution in [2.24, 2.45) is 11.3 Å². The third-order valence-corrected chi connectivity index (χ3v) is 7.57. The Bertz CT molecular complexity index is 1130. The van der Waals surface area contributed by atoms with E-state index in [1.807, 2.05) is 6.07 Å². The topological polar surface area (TPSA) is 59.2 Å². The van der Waals surface area contributed by atoms with Crippen LogP contribution in [0.5, 0.6) is 0 Å². The summed E-state index contributed by atoms with van der Waals surface area (Å²) in [7, 11) is 1.39. The van der Waals surface area contributed by atoms with Crippen LogP contribution in [0.4, 0.5) is 0 Å². The SMILES string of the molecule is COC(=O)C1(C)C(=O)CCC2(C)c3cc4c(cc3CC[C@@H]12)[nH]c1ccccc14. The highest BCUT2D eigenvalue weighted by Crippen LogP contribution is 2.56. The number of rotatable bonds is 1. The molecule has 1 saturated carbocycles. The van der Waals surface area contributed by atoms with Gasteiger partial charge in [-0.15, -0.1) is 0 Å². The van der Waals surface area contributed by atoms with E-state index < -0.39 is 5.41 Å². The number of H-pyrrole nitrogens is 1. The van der Waals surface area contributed by atoms with Crippen molar-refractivity contribution < 1.29 is 14.3 Å². The number of para-hydroxylation sites is 1. The highest BCUT2D eigenvalue weighted by Gasteiger charge is 2.60. The summed E-state index contributed by atoms with van der Waals surface area (Å²) in [6.45, 7) is 4.04. The largest absolute Gasteiger partial charge is 0.468 e. The predicted octanol–water partition coefficient (Wildman–Crippen LogP) is 4.68. The highest BCUT2D eigenvalue weighted by molar-refractivity contribution is 6.08. The number of carbonyl (C=O) groups excluding carboxylic acids is 2. The minimum Gasteiger partial charge on any atom is -0.468 e. The molecule has 5 rings (SSSR count). The first-order valence-corrected chi connectivity index (χ1v) is 10.0. The number of aromatic nitrogens is 1. The molecule has 1 fully saturated rings. The number of ketones is 1. The molecule has 0 radical (unpaired) electrons. The zero-order valence-electron chi connectivity index (χ0n) is 16.6. The lowest BCUT2D eigenvalue weighted by Gasteiger charge is -2.52. The number of benzene rings is 2. The second kappa shape index (κ2) is 5.69. The Hall–Kier alpha value is -2.62. The standard InChI is InChI=1S/C24H25NO3/c1-23-11-10-21(26)24(2,22(27)28-3)20(23)9-8-14-12-19-16(13-17(14)23)15-6-4-5-7-18(15)25-19/h4-7,12-13,20,25H,8-11H2,1-3H3/t20-,23?,24?/m1/s1. The summed E-state index contributed by atoms with van der Waals surface area (Å²) in [4.78, 5) is 29.1. The zero-order chi connectivity index (χ0) is 19.7. The Morgan fingerprint density at radius 2 is 1.89 bits per heavy atom. The van der Waals surface area contributed by atoms with Crippen LogP contribution in [0.1, 0.15) is 44.2 Å². The third-order valence-electron chi connectivity index (χ3n) is 7.57. The number of aryl methyl sites for hydroxylation is 1. The molecule has 0 saturated heterocycles. The van der Waals surface area contributed by atoms with Crippen molar-refractivity contribution >= 4 is 33.6 Å². The second-order valence-corrected chi connectivity index (χ2v) is 8.85. The van der Waals surface area contributed by atoms with Crippen LogP contribution in [-0.4, -0.2) is 23.8 Å². The third kappa shape index (κ3) is 2.06. The highest BCUT2D eigenvalue weighted by atomic mass is 16.5. The van der Waals surface area contributed by atoms with Crippen molar-refractivity contribution in [2.75, 3.05) is 7.11 Å². The lowest BCUT2D eigenvalue weighted by atomic mass is 9.49. The van der Waals surface area contributed by atoms with Crippen LogP contribution in [0.2, 0.25) is 0 Å². The normalized spacial score (nSPS) is 29.5. The first-order chi connectivity index (χ1) is 13.4. The van der Waals surface area contributed by atoms with Gasteiger partial charge in [-0.05, 0) is 66.8 Å². The first kappa shape index (κ1) is 17.5. The maximum absolute atomic E-state index is 12.9. The van der Waals surface area contributed by atoms with Crippen LogP contribution in [0.3, 0.4) is 0 Å². The fraction of sp³-hybridized carbons (Fsp3) is 0.417. The minimum absolute atomic E-state index is 0.0263. The number of fused-ring (bicyclic) bond motifs is 6. The molecule has 0 aliphatic heterocycles. The molecule has 0 amide bonds. The molecule has 2 aliphatic rings. The molecular weight excluding hydrogens is 350 g/mol. The van der Waals surface area contributed by atoms with Crippen LogP contribution >= 0.6 is 0 Å². The molecular formula is C24H25NO3. The second-order valence-electron chi connectivity index (χ2n) is 8.85. The van der Waals surface area contributed by atoms with E-state index >= 15 is 0 Å². The summed E-state index contributed by atoms with van der Waals surface area (Å²) in [5.41, 5.74) is 3.65. The van der Waals surface area contributed by atoms with E-state index in [0.717, 1.165) is 30.3 Å². The fourth-order valence-electron chi connectivity index (χ4n) is 6.02. The first-order valence-electron chi connectivity index (χ1n) is 10.0. The van der Waals surface area contributed by atoms with Gasteiger partial charge in [0.1, 0.15) is 11.2 Å². The zero-order valence-corrected chi connectivity index (χ0v) is 16.6. The van der Waals surface area contributed by atoms with Gasteiger partial charge in [0, 0.05) is 28.2 Å². The van der Waals surface area contributed by atoms with Crippen LogP contribution in [0.15, 0.2) is 36.4 Å². The average Bonchev–Trinajstić information content (AvgIpc) is 3.06. The molecule has 3 aromatic rings. The van der Waals surface area contributed by atoms with Crippen molar-refractivity contribution in [1.29, 1.82) is 0 Å². The van der Waals surface area contributed by atoms with Crippen LogP contribution in [0, 0.1) is 11.3 Å². The van der Waals surface area contributed by atoms with E-state index in [9.17, 15) is 9.59 Å². The van der Waals surface area contributed by atoms with Gasteiger partial charge in [-0.2, -0.15) is 0 Å². The van der Waals surface area contributed by atoms with Gasteiger partial charge in [-0.3, -0.25) is 9.59 Å². The van der Waals surface area contributed by atoms with Crippen molar-refractivity contribution in [3.8, 4) is 0 Å². The lowest BCUT2D eigenvalue weighted by Crippen LogP contribution is -2.57. The number of methoxy groups -OCH3 is 1. The molecule has 0 bridgehead atoms. The number of nitrogens with one attached hydrogen (secondary N) is 1. The molecule has 2 aliphatic carbocycles. The number of hydrogen-bond acceptors (Lipinski definition) is 3. The van der Waals surface area contributed by atoms with Gasteiger partial charge in [0.15, 0.2) is 0 Å². The molecule has 144 valence electrons. The molecule has 1 N–H and O–H groups in total. The van der Waals surface area contributed by atoms with Crippen molar-refractivity contribution in [3.63, 3.8) is 0 Å². The summed E-state index contributed by atoms with van der Waals surface area (Å²) in [6, 6.07) is 12.9. The maximum Gasteiger partial charge on any atom is 0.319 e. The lowest BCUT2D eigenvalue weighted by molar-refractivity contribution is -0.167. The van der Waals surface area contributed by atoms with Gasteiger partial charge < -0.3 is 9.72 Å². The van der Waals surface area contributed by atoms with E-state index in [1.165, 1.54) is 29.0 Å². The summed E-state index contributed by atoms with van der Waals surface area (Å²) < 4.78 is 5.10. The summed E-state index contributed by atoms with van der Waals surface area (Å²) >= 11 is 0. The van der Waals surface area contributed by atoms with Crippen LogP contribution < -0.4 is 0 Å². The van der Waals surface area contributed by atoms with Crippen molar-refractivity contribution in [3.05, 3.63) is 47.5 Å². The van der Waals surface area contributed by atoms with Gasteiger partial charge in [0.25, 0.3) is 0 Å². The number of esters is 1. The fourth-order valence-corrected chi connectivity index (χ4v) is 6.02. The van der Waals surface area contributed by atoms with Crippen molar-refractivity contribution in [2.45, 2.75) is 44.9 Å². The van der Waals surface area contributed by atoms with Gasteiger partial charge >= 0.3 is 5.97 Å². The number of Topliss-reactive ketones (excluding diaryl/α,β-unsaturated/α-hetero) is 1. The van der Waals surface area contributed by atoms with Crippen molar-refractivity contribution in [1.82, 2.24) is 4.98 Å². The monoisotopic (exact) mass is 375 g/mol. The molecule has 2 unspecified atom stereocenters. The summed E-state index contributed by atoms with van der Waals surface area (Å²) in [6.07, 6.45) is 2.90. The molecule has 4 nitrogen and oxygen atoms in total. The predicted molar refractivity (Wildman–Crippen MR) is 109 cm³/mol. The number of aromatic amines is 1. The molecule has 2 aromatic carbocycles. The molecule has 28 heavy (non-hydrogen) atoms. The summed E-state index contributed by atoms with van der Waals surface area (Å²) in [5, 5.41) is 2.43. The Labute approximate surface area is 164 Å². The van der Waals surface area contributed by atoms with Crippen LogP contribution in [-0.2, 0) is 26.2 Å². The molecule has 1 heterocycles. The van der Waals surface area contributed by atoms with E-state index in [-0.39, 0.29) is 23.1 Å². The molecule has 0 spiro atoms. The minimum atomic E-state index is -1.06. The Morgan fingerprint density at radius 3 is 2.68 bits per heavy atom. The van der Waals surface area contributed by atoms with Gasteiger partial charge in [0.2, 0.25) is 0 Å². The molecule has 3 atom stereocenters. The quantitative estimate of drug-likeness (QED) is 0.496. The number of carbonyl (C=O) groups is 2. The Morgan fingerprint density at radius 1 is 1.11 bits per heavy atom. The Kier molecular flexibility index (Phi) is 3.55. The average molecular weight is 375 g/mol. The van der Waals surface area contributed by atoms with Crippen LogP contribution in [0.25, 0.3) is 21.8 Å². The number of hydrogen-bond donors (Lipinski definition) is 1. The van der Waals surface area contributed by atoms with Gasteiger partial charge in [0.05, 0.1) is 7.11 Å². The molecule has 4 heteroatoms. The van der Waals surface area contributed by atoms with Gasteiger partial charge in [-0.25, -0.2) is 0 Å². The molecule has 1 aromatic heterocycles. The summed E-state index contributed by atoms with van der Waals surface area (Å²) in [5.74, 6) is -0.396. The van der Waals surface area contributed by atoms with E-state index in [4.69, 9.17) is 4.74 Å². The van der Waals surface area contributed by atoms with Gasteiger partial charge in [-0.1, -0.05) is 25.1 Å².